The molecule has 2 heterocycles. The van der Waals surface area contributed by atoms with E-state index in [4.69, 9.17) is 43.4 Å². The van der Waals surface area contributed by atoms with Crippen LogP contribution in [0.25, 0.3) is 11.5 Å². The lowest BCUT2D eigenvalue weighted by Gasteiger charge is -2.11. The first-order valence-corrected chi connectivity index (χ1v) is 9.57. The second-order valence-corrected chi connectivity index (χ2v) is 7.33. The van der Waals surface area contributed by atoms with Crippen molar-refractivity contribution in [2.45, 2.75) is 6.42 Å². The highest BCUT2D eigenvalue weighted by molar-refractivity contribution is 6.32. The summed E-state index contributed by atoms with van der Waals surface area (Å²) >= 11 is 12.1. The van der Waals surface area contributed by atoms with Crippen molar-refractivity contribution in [2.75, 3.05) is 5.73 Å². The normalized spacial score (nSPS) is 10.8. The summed E-state index contributed by atoms with van der Waals surface area (Å²) in [5.74, 6) is -0.0292. The van der Waals surface area contributed by atoms with Crippen molar-refractivity contribution in [3.63, 3.8) is 0 Å². The van der Waals surface area contributed by atoms with Gasteiger partial charge in [-0.25, -0.2) is 4.39 Å². The van der Waals surface area contributed by atoms with Gasteiger partial charge in [0.1, 0.15) is 17.1 Å². The summed E-state index contributed by atoms with van der Waals surface area (Å²) in [6.45, 7) is 0. The van der Waals surface area contributed by atoms with Gasteiger partial charge in [0.15, 0.2) is 11.6 Å². The molecule has 0 unspecified atom stereocenters. The van der Waals surface area contributed by atoms with Gasteiger partial charge < -0.3 is 14.9 Å². The Balaban J connectivity index is 1.62. The zero-order valence-corrected chi connectivity index (χ0v) is 17.4. The molecule has 0 amide bonds. The van der Waals surface area contributed by atoms with Crippen LogP contribution in [0, 0.1) is 17.1 Å². The average Bonchev–Trinajstić information content (AvgIpc) is 3.33. The molecule has 31 heavy (non-hydrogen) atoms. The fourth-order valence-corrected chi connectivity index (χ4v) is 3.23. The van der Waals surface area contributed by atoms with Gasteiger partial charge in [0.05, 0.1) is 29.3 Å². The van der Waals surface area contributed by atoms with Gasteiger partial charge in [0.25, 0.3) is 5.89 Å². The van der Waals surface area contributed by atoms with Crippen LogP contribution < -0.4 is 10.5 Å². The molecule has 0 spiro atoms. The number of ether oxygens (including phenoxy) is 1. The number of nitrogens with zero attached hydrogens (tertiary/aromatic N) is 5. The van der Waals surface area contributed by atoms with Crippen LogP contribution in [0.15, 0.2) is 40.9 Å². The smallest absolute Gasteiger partial charge is 0.253 e. The summed E-state index contributed by atoms with van der Waals surface area (Å²) in [5.41, 5.74) is 6.88. The maximum Gasteiger partial charge on any atom is 0.253 e. The average molecular weight is 459 g/mol. The number of aromatic nitrogens is 4. The third kappa shape index (κ3) is 4.17. The molecule has 0 aliphatic carbocycles. The largest absolute Gasteiger partial charge is 0.453 e. The van der Waals surface area contributed by atoms with Crippen LogP contribution in [0.1, 0.15) is 17.0 Å². The predicted octanol–water partition coefficient (Wildman–Crippen LogP) is 4.75. The number of hydrogen-bond acceptors (Lipinski definition) is 7. The van der Waals surface area contributed by atoms with Crippen LogP contribution >= 0.6 is 23.2 Å². The van der Waals surface area contributed by atoms with Crippen LogP contribution in [0.4, 0.5) is 10.2 Å². The summed E-state index contributed by atoms with van der Waals surface area (Å²) in [7, 11) is 1.68. The van der Waals surface area contributed by atoms with Gasteiger partial charge in [-0.3, -0.25) is 4.68 Å². The molecule has 0 saturated heterocycles. The van der Waals surface area contributed by atoms with Crippen molar-refractivity contribution in [3.05, 3.63) is 69.4 Å². The highest BCUT2D eigenvalue weighted by Crippen LogP contribution is 2.36. The van der Waals surface area contributed by atoms with Crippen LogP contribution in [-0.4, -0.2) is 20.0 Å². The molecule has 4 aromatic rings. The van der Waals surface area contributed by atoms with E-state index in [0.717, 1.165) is 0 Å². The van der Waals surface area contributed by atoms with Gasteiger partial charge in [-0.15, -0.1) is 10.2 Å². The van der Waals surface area contributed by atoms with Crippen LogP contribution in [0.3, 0.4) is 0 Å². The standard InChI is InChI=1S/C20H13Cl2FN6O2/c1-29-19(25)14(9-26-29)20-28-27-16(31-20)6-11-2-3-15(22)18(17(11)23)30-13-5-10(8-24)4-12(21)7-13/h2-5,7,9H,6,25H2,1H3. The van der Waals surface area contributed by atoms with E-state index >= 15 is 4.39 Å². The zero-order chi connectivity index (χ0) is 22.1. The Morgan fingerprint density at radius 2 is 2.06 bits per heavy atom. The minimum absolute atomic E-state index is 0.00841. The zero-order valence-electron chi connectivity index (χ0n) is 15.9. The fraction of sp³-hybridized carbons (Fsp3) is 0.100. The number of halogens is 3. The minimum atomic E-state index is -0.702. The maximum absolute atomic E-state index is 15.2. The lowest BCUT2D eigenvalue weighted by Crippen LogP contribution is -1.98. The van der Waals surface area contributed by atoms with E-state index in [0.29, 0.717) is 11.4 Å². The molecule has 8 nitrogen and oxygen atoms in total. The van der Waals surface area contributed by atoms with Gasteiger partial charge in [-0.05, 0) is 24.3 Å². The predicted molar refractivity (Wildman–Crippen MR) is 111 cm³/mol. The van der Waals surface area contributed by atoms with Gasteiger partial charge in [0, 0.05) is 17.6 Å². The summed E-state index contributed by atoms with van der Waals surface area (Å²) in [6, 6.07) is 9.28. The number of nitrogens with two attached hydrogens (primary N) is 1. The molecule has 4 rings (SSSR count). The number of nitrogen functional groups attached to an aromatic ring is 1. The van der Waals surface area contributed by atoms with E-state index in [9.17, 15) is 0 Å². The molecule has 2 aromatic carbocycles. The quantitative estimate of drug-likeness (QED) is 0.458. The van der Waals surface area contributed by atoms with Gasteiger partial charge in [-0.2, -0.15) is 10.4 Å². The number of nitriles is 1. The van der Waals surface area contributed by atoms with Crippen molar-refractivity contribution in [1.29, 1.82) is 5.26 Å². The van der Waals surface area contributed by atoms with Crippen molar-refractivity contribution in [3.8, 4) is 29.0 Å². The van der Waals surface area contributed by atoms with Crippen molar-refractivity contribution < 1.29 is 13.5 Å². The molecule has 0 fully saturated rings. The van der Waals surface area contributed by atoms with Crippen LogP contribution in [0.5, 0.6) is 11.5 Å². The van der Waals surface area contributed by atoms with Gasteiger partial charge >= 0.3 is 0 Å². The first kappa shape index (κ1) is 20.7. The molecule has 0 radical (unpaired) electrons. The number of hydrogen-bond donors (Lipinski definition) is 1. The third-order valence-electron chi connectivity index (χ3n) is 4.37. The van der Waals surface area contributed by atoms with Crippen LogP contribution in [0.2, 0.25) is 10.0 Å². The van der Waals surface area contributed by atoms with E-state index in [2.05, 4.69) is 15.3 Å². The molecule has 0 saturated carbocycles. The summed E-state index contributed by atoms with van der Waals surface area (Å²) < 4.78 is 27.8. The lowest BCUT2D eigenvalue weighted by atomic mass is 10.1. The summed E-state index contributed by atoms with van der Waals surface area (Å²) in [6.07, 6.45) is 1.49. The van der Waals surface area contributed by atoms with E-state index in [1.54, 1.807) is 7.05 Å². The van der Waals surface area contributed by atoms with Crippen molar-refractivity contribution in [1.82, 2.24) is 20.0 Å². The Labute approximate surface area is 185 Å². The van der Waals surface area contributed by atoms with E-state index < -0.39 is 5.82 Å². The molecule has 0 aliphatic rings. The first-order chi connectivity index (χ1) is 14.9. The number of anilines is 1. The molecule has 11 heteroatoms. The number of aryl methyl sites for hydroxylation is 1. The SMILES string of the molecule is Cn1ncc(-c2nnc(Cc3ccc(Cl)c(Oc4cc(Cl)cc(C#N)c4)c3F)o2)c1N. The molecule has 2 N–H and O–H groups in total. The molecule has 0 aliphatic heterocycles. The lowest BCUT2D eigenvalue weighted by molar-refractivity contribution is 0.437. The number of benzene rings is 2. The van der Waals surface area contributed by atoms with E-state index in [1.165, 1.54) is 41.2 Å². The van der Waals surface area contributed by atoms with Crippen LogP contribution in [-0.2, 0) is 13.5 Å². The Hall–Kier alpha value is -3.61. The Morgan fingerprint density at radius 3 is 2.77 bits per heavy atom. The highest BCUT2D eigenvalue weighted by Gasteiger charge is 2.19. The van der Waals surface area contributed by atoms with Crippen molar-refractivity contribution in [2.24, 2.45) is 7.05 Å². The Bertz CT molecular complexity index is 1330. The topological polar surface area (TPSA) is 116 Å². The molecule has 156 valence electrons. The molecular formula is C20H13Cl2FN6O2. The Morgan fingerprint density at radius 1 is 1.26 bits per heavy atom. The van der Waals surface area contributed by atoms with E-state index in [-0.39, 0.29) is 50.9 Å². The third-order valence-corrected chi connectivity index (χ3v) is 4.89. The Kier molecular flexibility index (Phi) is 5.50. The van der Waals surface area contributed by atoms with Gasteiger partial charge in [0.2, 0.25) is 5.89 Å². The molecular weight excluding hydrogens is 446 g/mol. The highest BCUT2D eigenvalue weighted by atomic mass is 35.5. The molecule has 2 aromatic heterocycles. The van der Waals surface area contributed by atoms with E-state index in [1.807, 2.05) is 6.07 Å². The van der Waals surface area contributed by atoms with Crippen molar-refractivity contribution >= 4 is 29.0 Å². The fourth-order valence-electron chi connectivity index (χ4n) is 2.82. The molecule has 0 atom stereocenters. The maximum atomic E-state index is 15.2. The minimum Gasteiger partial charge on any atom is -0.453 e. The van der Waals surface area contributed by atoms with Gasteiger partial charge in [-0.1, -0.05) is 29.3 Å². The summed E-state index contributed by atoms with van der Waals surface area (Å²) in [5, 5.41) is 21.3. The summed E-state index contributed by atoms with van der Waals surface area (Å²) in [4.78, 5) is 0. The second kappa shape index (κ2) is 8.26. The molecule has 0 bridgehead atoms. The second-order valence-electron chi connectivity index (χ2n) is 6.48. The number of rotatable bonds is 5. The monoisotopic (exact) mass is 458 g/mol. The first-order valence-electron chi connectivity index (χ1n) is 8.81.